The van der Waals surface area contributed by atoms with E-state index in [1.165, 1.54) is 12.1 Å². The molecule has 0 bridgehead atoms. The molecule has 4 nitrogen and oxygen atoms in total. The van der Waals surface area contributed by atoms with Gasteiger partial charge in [-0.05, 0) is 72.4 Å². The van der Waals surface area contributed by atoms with Crippen molar-refractivity contribution in [2.45, 2.75) is 12.1 Å². The fourth-order valence-electron chi connectivity index (χ4n) is 3.92. The number of para-hydroxylation sites is 1. The highest BCUT2D eigenvalue weighted by atomic mass is 32.1. The van der Waals surface area contributed by atoms with Gasteiger partial charge < -0.3 is 14.8 Å². The summed E-state index contributed by atoms with van der Waals surface area (Å²) in [6.45, 7) is 0. The molecular formula is C24H19FN4S. The molecule has 1 N–H and O–H groups in total. The van der Waals surface area contributed by atoms with Gasteiger partial charge in [-0.3, -0.25) is 4.98 Å². The number of anilines is 1. The number of nitrogens with one attached hydrogen (secondary N) is 1. The molecule has 30 heavy (non-hydrogen) atoms. The highest BCUT2D eigenvalue weighted by molar-refractivity contribution is 7.80. The van der Waals surface area contributed by atoms with Crippen molar-refractivity contribution < 1.29 is 4.39 Å². The van der Waals surface area contributed by atoms with Crippen LogP contribution in [0.5, 0.6) is 0 Å². The monoisotopic (exact) mass is 414 g/mol. The largest absolute Gasteiger partial charge is 0.351 e. The van der Waals surface area contributed by atoms with Crippen molar-refractivity contribution in [1.29, 1.82) is 0 Å². The molecule has 1 fully saturated rings. The molecular weight excluding hydrogens is 395 g/mol. The fraction of sp³-hybridized carbons (Fsp3) is 0.0833. The summed E-state index contributed by atoms with van der Waals surface area (Å²) in [4.78, 5) is 6.60. The lowest BCUT2D eigenvalue weighted by atomic mass is 9.98. The molecule has 5 rings (SSSR count). The van der Waals surface area contributed by atoms with Gasteiger partial charge in [0.2, 0.25) is 0 Å². The van der Waals surface area contributed by atoms with Gasteiger partial charge >= 0.3 is 0 Å². The predicted molar refractivity (Wildman–Crippen MR) is 120 cm³/mol. The van der Waals surface area contributed by atoms with Crippen molar-refractivity contribution in [3.8, 4) is 5.69 Å². The van der Waals surface area contributed by atoms with Crippen molar-refractivity contribution in [1.82, 2.24) is 14.9 Å². The van der Waals surface area contributed by atoms with Crippen LogP contribution >= 0.6 is 12.2 Å². The quantitative estimate of drug-likeness (QED) is 0.466. The van der Waals surface area contributed by atoms with E-state index in [1.807, 2.05) is 47.5 Å². The summed E-state index contributed by atoms with van der Waals surface area (Å²) in [7, 11) is 0. The maximum Gasteiger partial charge on any atom is 0.174 e. The van der Waals surface area contributed by atoms with E-state index in [0.717, 1.165) is 22.6 Å². The van der Waals surface area contributed by atoms with Crippen LogP contribution in [0.3, 0.4) is 0 Å². The fourth-order valence-corrected chi connectivity index (χ4v) is 4.27. The summed E-state index contributed by atoms with van der Waals surface area (Å²) >= 11 is 5.70. The molecule has 3 heterocycles. The molecule has 0 amide bonds. The Kier molecular flexibility index (Phi) is 4.77. The van der Waals surface area contributed by atoms with Crippen molar-refractivity contribution in [3.63, 3.8) is 0 Å². The van der Waals surface area contributed by atoms with Crippen LogP contribution in [0.25, 0.3) is 5.69 Å². The standard InChI is InChI=1S/C24H19FN4S/c25-18-9-11-20(12-10-18)29-23(22(27-24(29)30)21-8-4-5-14-26-21)17-13-15-28(16-17)19-6-2-1-3-7-19/h1-16,22-23H,(H,27,30). The molecule has 6 heteroatoms. The predicted octanol–water partition coefficient (Wildman–Crippen LogP) is 5.19. The van der Waals surface area contributed by atoms with Gasteiger partial charge in [-0.25, -0.2) is 4.39 Å². The summed E-state index contributed by atoms with van der Waals surface area (Å²) in [6.07, 6.45) is 5.94. The number of rotatable bonds is 4. The second-order valence-electron chi connectivity index (χ2n) is 7.16. The molecule has 2 aromatic carbocycles. The zero-order valence-corrected chi connectivity index (χ0v) is 16.8. The average Bonchev–Trinajstić information content (AvgIpc) is 3.40. The van der Waals surface area contributed by atoms with Gasteiger partial charge in [0, 0.05) is 30.0 Å². The smallest absolute Gasteiger partial charge is 0.174 e. The van der Waals surface area contributed by atoms with E-state index in [4.69, 9.17) is 12.2 Å². The Labute approximate surface area is 179 Å². The minimum Gasteiger partial charge on any atom is -0.351 e. The minimum atomic E-state index is -0.273. The Hall–Kier alpha value is -3.51. The highest BCUT2D eigenvalue weighted by Gasteiger charge is 2.41. The molecule has 2 aromatic heterocycles. The second kappa shape index (κ2) is 7.72. The third kappa shape index (κ3) is 3.35. The molecule has 2 unspecified atom stereocenters. The van der Waals surface area contributed by atoms with Crippen LogP contribution < -0.4 is 10.2 Å². The van der Waals surface area contributed by atoms with Crippen LogP contribution in [0, 0.1) is 5.82 Å². The molecule has 148 valence electrons. The number of halogens is 1. The number of thiocarbonyl (C=S) groups is 1. The zero-order chi connectivity index (χ0) is 20.5. The van der Waals surface area contributed by atoms with Crippen LogP contribution in [-0.4, -0.2) is 14.7 Å². The first-order valence-corrected chi connectivity index (χ1v) is 10.1. The van der Waals surface area contributed by atoms with Crippen molar-refractivity contribution in [3.05, 3.63) is 115 Å². The van der Waals surface area contributed by atoms with Gasteiger partial charge in [-0.2, -0.15) is 0 Å². The summed E-state index contributed by atoms with van der Waals surface area (Å²) in [5, 5.41) is 4.02. The lowest BCUT2D eigenvalue weighted by Gasteiger charge is -2.27. The minimum absolute atomic E-state index is 0.122. The van der Waals surface area contributed by atoms with Gasteiger partial charge in [0.1, 0.15) is 5.82 Å². The molecule has 1 aliphatic heterocycles. The third-order valence-corrected chi connectivity index (χ3v) is 5.63. The van der Waals surface area contributed by atoms with Gasteiger partial charge in [0.15, 0.2) is 5.11 Å². The lowest BCUT2D eigenvalue weighted by molar-refractivity contribution is 0.567. The number of pyridine rings is 1. The first-order chi connectivity index (χ1) is 14.7. The van der Waals surface area contributed by atoms with Crippen LogP contribution in [0.15, 0.2) is 97.5 Å². The normalized spacial score (nSPS) is 18.4. The summed E-state index contributed by atoms with van der Waals surface area (Å²) < 4.78 is 15.6. The van der Waals surface area contributed by atoms with Gasteiger partial charge in [-0.1, -0.05) is 24.3 Å². The first kappa shape index (κ1) is 18.5. The van der Waals surface area contributed by atoms with Crippen molar-refractivity contribution >= 4 is 23.0 Å². The molecule has 0 radical (unpaired) electrons. The topological polar surface area (TPSA) is 33.1 Å². The van der Waals surface area contributed by atoms with E-state index >= 15 is 0 Å². The summed E-state index contributed by atoms with van der Waals surface area (Å²) in [6, 6.07) is 24.3. The number of benzene rings is 2. The molecule has 1 saturated heterocycles. The molecule has 0 aliphatic carbocycles. The maximum absolute atomic E-state index is 13.5. The van der Waals surface area contributed by atoms with E-state index in [9.17, 15) is 4.39 Å². The Morgan fingerprint density at radius 2 is 1.63 bits per heavy atom. The van der Waals surface area contributed by atoms with Crippen molar-refractivity contribution in [2.24, 2.45) is 0 Å². The van der Waals surface area contributed by atoms with Crippen LogP contribution in [-0.2, 0) is 0 Å². The number of hydrogen-bond donors (Lipinski definition) is 1. The molecule has 0 saturated carbocycles. The summed E-state index contributed by atoms with van der Waals surface area (Å²) in [5.41, 5.74) is 3.91. The Balaban J connectivity index is 1.60. The number of hydrogen-bond acceptors (Lipinski definition) is 2. The molecule has 1 aliphatic rings. The van der Waals surface area contributed by atoms with E-state index in [2.05, 4.69) is 39.3 Å². The zero-order valence-electron chi connectivity index (χ0n) is 16.0. The highest BCUT2D eigenvalue weighted by Crippen LogP contribution is 2.41. The maximum atomic E-state index is 13.5. The SMILES string of the molecule is Fc1ccc(N2C(=S)NC(c3ccccn3)C2c2ccn(-c3ccccc3)c2)cc1. The van der Waals surface area contributed by atoms with E-state index in [1.54, 1.807) is 18.3 Å². The summed E-state index contributed by atoms with van der Waals surface area (Å²) in [5.74, 6) is -0.273. The van der Waals surface area contributed by atoms with Gasteiger partial charge in [-0.15, -0.1) is 0 Å². The number of nitrogens with zero attached hydrogens (tertiary/aromatic N) is 3. The molecule has 2 atom stereocenters. The van der Waals surface area contributed by atoms with E-state index in [-0.39, 0.29) is 17.9 Å². The van der Waals surface area contributed by atoms with Crippen LogP contribution in [0.1, 0.15) is 23.3 Å². The molecule has 4 aromatic rings. The Morgan fingerprint density at radius 3 is 2.37 bits per heavy atom. The van der Waals surface area contributed by atoms with Gasteiger partial charge in [0.05, 0.1) is 17.8 Å². The van der Waals surface area contributed by atoms with E-state index < -0.39 is 0 Å². The van der Waals surface area contributed by atoms with Gasteiger partial charge in [0.25, 0.3) is 0 Å². The Morgan fingerprint density at radius 1 is 0.867 bits per heavy atom. The van der Waals surface area contributed by atoms with Crippen LogP contribution in [0.2, 0.25) is 0 Å². The second-order valence-corrected chi connectivity index (χ2v) is 7.55. The van der Waals surface area contributed by atoms with E-state index in [0.29, 0.717) is 5.11 Å². The third-order valence-electron chi connectivity index (χ3n) is 5.31. The van der Waals surface area contributed by atoms with Crippen molar-refractivity contribution in [2.75, 3.05) is 4.90 Å². The molecule has 0 spiro atoms. The number of aromatic nitrogens is 2. The van der Waals surface area contributed by atoms with Crippen LogP contribution in [0.4, 0.5) is 10.1 Å². The average molecular weight is 415 g/mol. The first-order valence-electron chi connectivity index (χ1n) is 9.70. The lowest BCUT2D eigenvalue weighted by Crippen LogP contribution is -2.29. The Bertz CT molecular complexity index is 1160.